The molecule has 1 aliphatic rings. The average molecular weight is 226 g/mol. The summed E-state index contributed by atoms with van der Waals surface area (Å²) in [5.74, 6) is 0.158. The number of β-amino-alcohol motifs (C(OH)–C–C–N with tert-alkyl or cyclic N) is 1. The highest BCUT2D eigenvalue weighted by Gasteiger charge is 2.46. The van der Waals surface area contributed by atoms with Gasteiger partial charge >= 0.3 is 0 Å². The molecule has 1 fully saturated rings. The van der Waals surface area contributed by atoms with Gasteiger partial charge in [0.1, 0.15) is 10.5 Å². The lowest BCUT2D eigenvalue weighted by Crippen LogP contribution is -2.65. The van der Waals surface area contributed by atoms with Gasteiger partial charge in [0.05, 0.1) is 24.8 Å². The van der Waals surface area contributed by atoms with Crippen molar-refractivity contribution in [1.82, 2.24) is 9.88 Å². The molecule has 5 heteroatoms. The predicted molar refractivity (Wildman–Crippen MR) is 57.8 cm³/mol. The molecule has 0 atom stereocenters. The third kappa shape index (κ3) is 1.77. The largest absolute Gasteiger partial charge is 0.386 e. The van der Waals surface area contributed by atoms with Crippen LogP contribution in [0.4, 0.5) is 0 Å². The summed E-state index contributed by atoms with van der Waals surface area (Å²) in [5, 5.41) is 10.00. The van der Waals surface area contributed by atoms with E-state index in [4.69, 9.17) is 0 Å². The van der Waals surface area contributed by atoms with Crippen LogP contribution < -0.4 is 0 Å². The number of amides is 1. The fourth-order valence-electron chi connectivity index (χ4n) is 1.60. The summed E-state index contributed by atoms with van der Waals surface area (Å²) in [7, 11) is 0. The fraction of sp³-hybridized carbons (Fsp3) is 0.600. The quantitative estimate of drug-likeness (QED) is 0.818. The number of hydrogen-bond acceptors (Lipinski definition) is 4. The number of likely N-dealkylation sites (tertiary alicyclic amines) is 1. The van der Waals surface area contributed by atoms with Crippen molar-refractivity contribution < 1.29 is 9.90 Å². The van der Waals surface area contributed by atoms with Crippen LogP contribution in [-0.2, 0) is 0 Å². The van der Waals surface area contributed by atoms with E-state index in [9.17, 15) is 9.90 Å². The summed E-state index contributed by atoms with van der Waals surface area (Å²) in [6.45, 7) is 4.80. The molecular formula is C10H14N2O2S. The Balaban J connectivity index is 1.98. The first-order chi connectivity index (χ1) is 7.03. The number of carbonyl (C=O) groups is 1. The zero-order valence-electron chi connectivity index (χ0n) is 8.80. The van der Waals surface area contributed by atoms with Gasteiger partial charge in [-0.15, -0.1) is 11.3 Å². The summed E-state index contributed by atoms with van der Waals surface area (Å²) in [5.41, 5.74) is 0.946. The highest BCUT2D eigenvalue weighted by molar-refractivity contribution is 7.11. The lowest BCUT2D eigenvalue weighted by Gasteiger charge is -2.48. The highest BCUT2D eigenvalue weighted by atomic mass is 32.1. The van der Waals surface area contributed by atoms with Crippen LogP contribution in [0, 0.1) is 5.92 Å². The van der Waals surface area contributed by atoms with Gasteiger partial charge in [0.25, 0.3) is 5.91 Å². The average Bonchev–Trinajstić information content (AvgIpc) is 2.64. The molecular weight excluding hydrogens is 212 g/mol. The monoisotopic (exact) mass is 226 g/mol. The van der Waals surface area contributed by atoms with E-state index < -0.39 is 5.60 Å². The van der Waals surface area contributed by atoms with Crippen LogP contribution in [0.15, 0.2) is 11.7 Å². The first kappa shape index (κ1) is 10.6. The van der Waals surface area contributed by atoms with Crippen molar-refractivity contribution in [2.75, 3.05) is 13.1 Å². The molecule has 1 N–H and O–H groups in total. The SMILES string of the molecule is CC(C)C1(O)CN(C(=O)c2cncs2)C1. The van der Waals surface area contributed by atoms with Gasteiger partial charge in [-0.05, 0) is 5.92 Å². The molecule has 1 amide bonds. The minimum absolute atomic E-state index is 0.0252. The Labute approximate surface area is 92.6 Å². The van der Waals surface area contributed by atoms with Crippen LogP contribution in [0.5, 0.6) is 0 Å². The Hall–Kier alpha value is -0.940. The zero-order chi connectivity index (χ0) is 11.1. The van der Waals surface area contributed by atoms with Crippen LogP contribution in [0.25, 0.3) is 0 Å². The van der Waals surface area contributed by atoms with Crippen LogP contribution >= 0.6 is 11.3 Å². The second-order valence-corrected chi connectivity index (χ2v) is 5.17. The molecule has 1 aliphatic heterocycles. The van der Waals surface area contributed by atoms with Crippen LogP contribution in [0.1, 0.15) is 23.5 Å². The lowest BCUT2D eigenvalue weighted by atomic mass is 9.83. The molecule has 0 spiro atoms. The van der Waals surface area contributed by atoms with Crippen LogP contribution in [0.3, 0.4) is 0 Å². The van der Waals surface area contributed by atoms with Gasteiger partial charge in [0.15, 0.2) is 0 Å². The summed E-state index contributed by atoms with van der Waals surface area (Å²) < 4.78 is 0. The molecule has 1 aromatic rings. The van der Waals surface area contributed by atoms with E-state index in [1.54, 1.807) is 16.6 Å². The molecule has 0 aliphatic carbocycles. The van der Waals surface area contributed by atoms with E-state index in [2.05, 4.69) is 4.98 Å². The predicted octanol–water partition coefficient (Wildman–Crippen LogP) is 0.986. The topological polar surface area (TPSA) is 53.4 Å². The minimum Gasteiger partial charge on any atom is -0.386 e. The lowest BCUT2D eigenvalue weighted by molar-refractivity contribution is -0.110. The third-order valence-electron chi connectivity index (χ3n) is 2.93. The number of rotatable bonds is 2. The Bertz CT molecular complexity index is 356. The maximum atomic E-state index is 11.8. The number of thiazole rings is 1. The molecule has 82 valence electrons. The maximum absolute atomic E-state index is 11.8. The maximum Gasteiger partial charge on any atom is 0.265 e. The second-order valence-electron chi connectivity index (χ2n) is 4.29. The van der Waals surface area contributed by atoms with Crippen molar-refractivity contribution in [3.63, 3.8) is 0 Å². The van der Waals surface area contributed by atoms with Gasteiger partial charge in [-0.2, -0.15) is 0 Å². The molecule has 2 heterocycles. The fourth-order valence-corrected chi connectivity index (χ4v) is 2.19. The summed E-state index contributed by atoms with van der Waals surface area (Å²) in [6.07, 6.45) is 1.57. The Morgan fingerprint density at radius 1 is 1.67 bits per heavy atom. The summed E-state index contributed by atoms with van der Waals surface area (Å²) in [6, 6.07) is 0. The molecule has 0 aromatic carbocycles. The molecule has 0 saturated carbocycles. The van der Waals surface area contributed by atoms with Crippen molar-refractivity contribution in [2.24, 2.45) is 5.92 Å². The molecule has 0 unspecified atom stereocenters. The summed E-state index contributed by atoms with van der Waals surface area (Å²) in [4.78, 5) is 17.9. The van der Waals surface area contributed by atoms with E-state index in [1.807, 2.05) is 13.8 Å². The Morgan fingerprint density at radius 3 is 2.80 bits per heavy atom. The van der Waals surface area contributed by atoms with Gasteiger partial charge < -0.3 is 10.0 Å². The first-order valence-corrected chi connectivity index (χ1v) is 5.81. The van der Waals surface area contributed by atoms with Crippen LogP contribution in [0.2, 0.25) is 0 Å². The number of carbonyl (C=O) groups excluding carboxylic acids is 1. The number of hydrogen-bond donors (Lipinski definition) is 1. The highest BCUT2D eigenvalue weighted by Crippen LogP contribution is 2.30. The van der Waals surface area contributed by atoms with Crippen molar-refractivity contribution >= 4 is 17.2 Å². The van der Waals surface area contributed by atoms with Gasteiger partial charge in [0, 0.05) is 0 Å². The Morgan fingerprint density at radius 2 is 2.33 bits per heavy atom. The molecule has 0 bridgehead atoms. The number of nitrogens with zero attached hydrogens (tertiary/aromatic N) is 2. The Kier molecular flexibility index (Phi) is 2.52. The van der Waals surface area contributed by atoms with Crippen molar-refractivity contribution in [2.45, 2.75) is 19.4 Å². The molecule has 1 aromatic heterocycles. The number of aliphatic hydroxyl groups is 1. The van der Waals surface area contributed by atoms with E-state index in [-0.39, 0.29) is 11.8 Å². The van der Waals surface area contributed by atoms with Crippen molar-refractivity contribution in [3.8, 4) is 0 Å². The molecule has 4 nitrogen and oxygen atoms in total. The van der Waals surface area contributed by atoms with E-state index in [0.29, 0.717) is 18.0 Å². The zero-order valence-corrected chi connectivity index (χ0v) is 9.62. The van der Waals surface area contributed by atoms with E-state index in [0.717, 1.165) is 0 Å². The minimum atomic E-state index is -0.694. The standard InChI is InChI=1S/C10H14N2O2S/c1-7(2)10(14)4-12(5-10)9(13)8-3-11-6-15-8/h3,6-7,14H,4-5H2,1-2H3. The second kappa shape index (κ2) is 3.57. The van der Waals surface area contributed by atoms with Gasteiger partial charge in [-0.25, -0.2) is 0 Å². The van der Waals surface area contributed by atoms with Crippen molar-refractivity contribution in [1.29, 1.82) is 0 Å². The van der Waals surface area contributed by atoms with Crippen molar-refractivity contribution in [3.05, 3.63) is 16.6 Å². The molecule has 2 rings (SSSR count). The first-order valence-electron chi connectivity index (χ1n) is 4.93. The smallest absolute Gasteiger partial charge is 0.265 e. The summed E-state index contributed by atoms with van der Waals surface area (Å²) >= 11 is 1.33. The molecule has 0 radical (unpaired) electrons. The van der Waals surface area contributed by atoms with Crippen LogP contribution in [-0.4, -0.2) is 39.6 Å². The normalized spacial score (nSPS) is 19.1. The molecule has 15 heavy (non-hydrogen) atoms. The van der Waals surface area contributed by atoms with E-state index in [1.165, 1.54) is 11.3 Å². The van der Waals surface area contributed by atoms with E-state index >= 15 is 0 Å². The molecule has 1 saturated heterocycles. The van der Waals surface area contributed by atoms with Gasteiger partial charge in [-0.1, -0.05) is 13.8 Å². The van der Waals surface area contributed by atoms with Gasteiger partial charge in [0.2, 0.25) is 0 Å². The van der Waals surface area contributed by atoms with Gasteiger partial charge in [-0.3, -0.25) is 9.78 Å². The third-order valence-corrected chi connectivity index (χ3v) is 3.70. The number of aromatic nitrogens is 1.